The number of carbonyl (C=O) groups is 2. The Labute approximate surface area is 143 Å². The number of fused-ring (bicyclic) bond motifs is 1. The Morgan fingerprint density at radius 3 is 2.36 bits per heavy atom. The molecule has 0 atom stereocenters. The van der Waals surface area contributed by atoms with E-state index in [0.29, 0.717) is 5.56 Å². The van der Waals surface area contributed by atoms with Gasteiger partial charge in [-0.15, -0.1) is 0 Å². The minimum Gasteiger partial charge on any atom is -0.480 e. The van der Waals surface area contributed by atoms with E-state index in [4.69, 9.17) is 5.11 Å². The summed E-state index contributed by atoms with van der Waals surface area (Å²) in [6.45, 7) is 4.56. The third-order valence-electron chi connectivity index (χ3n) is 4.02. The first-order valence-electron chi connectivity index (χ1n) is 7.66. The second-order valence-electron chi connectivity index (χ2n) is 6.15. The van der Waals surface area contributed by atoms with Crippen molar-refractivity contribution in [2.24, 2.45) is 14.1 Å². The Balaban J connectivity index is 2.72. The maximum Gasteiger partial charge on any atom is 0.332 e. The molecule has 2 rings (SSSR count). The topological polar surface area (TPSA) is 114 Å². The zero-order valence-electron chi connectivity index (χ0n) is 14.7. The average Bonchev–Trinajstić information content (AvgIpc) is 2.54. The molecule has 0 bridgehead atoms. The number of hydrogen-bond acceptors (Lipinski definition) is 5. The van der Waals surface area contributed by atoms with Crippen LogP contribution in [-0.2, 0) is 18.9 Å². The minimum atomic E-state index is -1.14. The maximum atomic E-state index is 12.7. The smallest absolute Gasteiger partial charge is 0.332 e. The fourth-order valence-electron chi connectivity index (χ4n) is 2.62. The monoisotopic (exact) mass is 348 g/mol. The molecule has 2 heterocycles. The van der Waals surface area contributed by atoms with Crippen LogP contribution in [0.1, 0.15) is 29.9 Å². The van der Waals surface area contributed by atoms with Crippen molar-refractivity contribution >= 4 is 22.9 Å². The van der Waals surface area contributed by atoms with E-state index >= 15 is 0 Å². The number of rotatable bonds is 4. The summed E-state index contributed by atoms with van der Waals surface area (Å²) < 4.78 is 2.17. The van der Waals surface area contributed by atoms with Gasteiger partial charge in [0.1, 0.15) is 17.9 Å². The molecular weight excluding hydrogens is 328 g/mol. The number of aryl methyl sites for hydroxylation is 2. The Morgan fingerprint density at radius 1 is 1.24 bits per heavy atom. The molecule has 0 unspecified atom stereocenters. The van der Waals surface area contributed by atoms with Crippen LogP contribution in [0, 0.1) is 6.92 Å². The normalized spacial score (nSPS) is 11.1. The van der Waals surface area contributed by atoms with Crippen LogP contribution in [-0.4, -0.2) is 48.6 Å². The summed E-state index contributed by atoms with van der Waals surface area (Å²) in [5, 5.41) is 9.24. The van der Waals surface area contributed by atoms with E-state index in [1.54, 1.807) is 20.8 Å². The summed E-state index contributed by atoms with van der Waals surface area (Å²) in [5.41, 5.74) is -0.476. The Kier molecular flexibility index (Phi) is 4.78. The predicted octanol–water partition coefficient (Wildman–Crippen LogP) is -0.124. The molecule has 0 aliphatic rings. The number of carbonyl (C=O) groups excluding carboxylic acids is 1. The van der Waals surface area contributed by atoms with E-state index in [-0.39, 0.29) is 22.8 Å². The van der Waals surface area contributed by atoms with Gasteiger partial charge in [0.25, 0.3) is 11.5 Å². The Morgan fingerprint density at radius 2 is 1.84 bits per heavy atom. The number of carboxylic acid groups (broad SMARTS) is 1. The van der Waals surface area contributed by atoms with Gasteiger partial charge in [-0.25, -0.2) is 9.78 Å². The molecule has 0 aliphatic carbocycles. The van der Waals surface area contributed by atoms with Gasteiger partial charge in [-0.1, -0.05) is 0 Å². The molecule has 0 spiro atoms. The first kappa shape index (κ1) is 18.4. The maximum absolute atomic E-state index is 12.7. The number of aliphatic carboxylic acids is 1. The van der Waals surface area contributed by atoms with Gasteiger partial charge in [-0.2, -0.15) is 0 Å². The molecular formula is C16H20N4O5. The lowest BCUT2D eigenvalue weighted by Crippen LogP contribution is -2.41. The van der Waals surface area contributed by atoms with Crippen molar-refractivity contribution in [2.75, 3.05) is 6.54 Å². The van der Waals surface area contributed by atoms with Gasteiger partial charge in [0.15, 0.2) is 0 Å². The highest BCUT2D eigenvalue weighted by Gasteiger charge is 2.24. The van der Waals surface area contributed by atoms with Gasteiger partial charge in [0.2, 0.25) is 0 Å². The zero-order valence-corrected chi connectivity index (χ0v) is 14.7. The van der Waals surface area contributed by atoms with E-state index in [0.717, 1.165) is 9.47 Å². The largest absolute Gasteiger partial charge is 0.480 e. The first-order valence-corrected chi connectivity index (χ1v) is 7.66. The first-order chi connectivity index (χ1) is 11.6. The Hall–Kier alpha value is -2.97. The van der Waals surface area contributed by atoms with Crippen LogP contribution in [0.4, 0.5) is 0 Å². The van der Waals surface area contributed by atoms with Gasteiger partial charge in [-0.05, 0) is 32.4 Å². The van der Waals surface area contributed by atoms with Crippen molar-refractivity contribution in [2.45, 2.75) is 26.8 Å². The predicted molar refractivity (Wildman–Crippen MR) is 90.8 cm³/mol. The van der Waals surface area contributed by atoms with E-state index < -0.39 is 29.7 Å². The summed E-state index contributed by atoms with van der Waals surface area (Å²) in [6, 6.07) is 1.09. The van der Waals surface area contributed by atoms with E-state index in [2.05, 4.69) is 4.98 Å². The van der Waals surface area contributed by atoms with E-state index in [1.165, 1.54) is 24.7 Å². The highest BCUT2D eigenvalue weighted by Crippen LogP contribution is 2.15. The number of nitrogens with zero attached hydrogens (tertiary/aromatic N) is 4. The number of hydrogen-bond donors (Lipinski definition) is 1. The summed E-state index contributed by atoms with van der Waals surface area (Å²) in [5.74, 6) is -1.71. The van der Waals surface area contributed by atoms with Crippen LogP contribution in [0.15, 0.2) is 15.7 Å². The number of carboxylic acids is 1. The molecule has 0 saturated carbocycles. The summed E-state index contributed by atoms with van der Waals surface area (Å²) in [4.78, 5) is 53.5. The van der Waals surface area contributed by atoms with Crippen LogP contribution in [0.25, 0.3) is 11.0 Å². The molecule has 9 nitrogen and oxygen atoms in total. The summed E-state index contributed by atoms with van der Waals surface area (Å²) in [7, 11) is 2.83. The molecule has 0 fully saturated rings. The standard InChI is InChI=1S/C16H20N4O5/c1-8(2)20(7-11(21)22)14(23)10-6-9(3)12-13(17-10)18(4)16(25)19(5)15(12)24/h6,8H,7H2,1-5H3,(H,21,22). The highest BCUT2D eigenvalue weighted by molar-refractivity contribution is 5.96. The lowest BCUT2D eigenvalue weighted by Gasteiger charge is -2.24. The summed E-state index contributed by atoms with van der Waals surface area (Å²) in [6.07, 6.45) is 0. The van der Waals surface area contributed by atoms with Gasteiger partial charge in [0.05, 0.1) is 5.39 Å². The molecule has 134 valence electrons. The summed E-state index contributed by atoms with van der Waals surface area (Å²) >= 11 is 0. The molecule has 0 aromatic carbocycles. The highest BCUT2D eigenvalue weighted by atomic mass is 16.4. The van der Waals surface area contributed by atoms with Crippen LogP contribution in [0.3, 0.4) is 0 Å². The van der Waals surface area contributed by atoms with Gasteiger partial charge in [-0.3, -0.25) is 23.5 Å². The number of pyridine rings is 1. The van der Waals surface area contributed by atoms with Crippen molar-refractivity contribution in [3.05, 3.63) is 38.2 Å². The quantitative estimate of drug-likeness (QED) is 0.823. The number of aromatic nitrogens is 3. The van der Waals surface area contributed by atoms with Crippen molar-refractivity contribution in [3.63, 3.8) is 0 Å². The van der Waals surface area contributed by atoms with Crippen LogP contribution >= 0.6 is 0 Å². The molecule has 9 heteroatoms. The Bertz CT molecular complexity index is 987. The van der Waals surface area contributed by atoms with Crippen LogP contribution in [0.2, 0.25) is 0 Å². The molecule has 0 aliphatic heterocycles. The van der Waals surface area contributed by atoms with Crippen molar-refractivity contribution in [1.29, 1.82) is 0 Å². The van der Waals surface area contributed by atoms with Crippen LogP contribution in [0.5, 0.6) is 0 Å². The average molecular weight is 348 g/mol. The molecule has 2 aromatic rings. The van der Waals surface area contributed by atoms with Crippen molar-refractivity contribution < 1.29 is 14.7 Å². The van der Waals surface area contributed by atoms with E-state index in [1.807, 2.05) is 0 Å². The third kappa shape index (κ3) is 3.17. The van der Waals surface area contributed by atoms with Gasteiger partial charge in [0, 0.05) is 20.1 Å². The van der Waals surface area contributed by atoms with Gasteiger partial charge < -0.3 is 10.0 Å². The second-order valence-corrected chi connectivity index (χ2v) is 6.15. The van der Waals surface area contributed by atoms with E-state index in [9.17, 15) is 19.2 Å². The second kappa shape index (κ2) is 6.50. The SMILES string of the molecule is Cc1cc(C(=O)N(CC(=O)O)C(C)C)nc2c1c(=O)n(C)c(=O)n2C. The number of amides is 1. The molecule has 1 N–H and O–H groups in total. The van der Waals surface area contributed by atoms with Crippen molar-refractivity contribution in [3.8, 4) is 0 Å². The van der Waals surface area contributed by atoms with Crippen LogP contribution < -0.4 is 11.2 Å². The minimum absolute atomic E-state index is 0.0109. The lowest BCUT2D eigenvalue weighted by molar-refractivity contribution is -0.138. The fraction of sp³-hybridized carbons (Fsp3) is 0.438. The third-order valence-corrected chi connectivity index (χ3v) is 4.02. The van der Waals surface area contributed by atoms with Gasteiger partial charge >= 0.3 is 11.7 Å². The zero-order chi connectivity index (χ0) is 19.0. The molecule has 2 aromatic heterocycles. The molecule has 0 saturated heterocycles. The molecule has 0 radical (unpaired) electrons. The molecule has 25 heavy (non-hydrogen) atoms. The van der Waals surface area contributed by atoms with Crippen molar-refractivity contribution in [1.82, 2.24) is 19.0 Å². The fourth-order valence-corrected chi connectivity index (χ4v) is 2.62. The molecule has 1 amide bonds. The lowest BCUT2D eigenvalue weighted by atomic mass is 10.1.